The van der Waals surface area contributed by atoms with Crippen LogP contribution in [0.2, 0.25) is 0 Å². The predicted molar refractivity (Wildman–Crippen MR) is 115 cm³/mol. The smallest absolute Gasteiger partial charge is 0.325 e. The number of aromatic nitrogens is 4. The van der Waals surface area contributed by atoms with Gasteiger partial charge in [-0.05, 0) is 31.0 Å². The number of carboxylic acid groups (broad SMARTS) is 1. The van der Waals surface area contributed by atoms with Crippen molar-refractivity contribution < 1.29 is 14.7 Å². The molecule has 3 rings (SSSR count). The summed E-state index contributed by atoms with van der Waals surface area (Å²) in [5.41, 5.74) is 14.1. The molecule has 158 valence electrons. The lowest BCUT2D eigenvalue weighted by Crippen LogP contribution is -2.38. The van der Waals surface area contributed by atoms with Crippen molar-refractivity contribution in [3.05, 3.63) is 47.3 Å². The highest BCUT2D eigenvalue weighted by atomic mass is 16.4. The zero-order valence-electron chi connectivity index (χ0n) is 16.7. The molecular weight excluding hydrogens is 398 g/mol. The van der Waals surface area contributed by atoms with Gasteiger partial charge in [0.15, 0.2) is 17.0 Å². The van der Waals surface area contributed by atoms with Crippen LogP contribution in [0.4, 0.5) is 11.8 Å². The Morgan fingerprint density at radius 1 is 1.19 bits per heavy atom. The van der Waals surface area contributed by atoms with Gasteiger partial charge in [-0.25, -0.2) is 9.97 Å². The van der Waals surface area contributed by atoms with Crippen molar-refractivity contribution in [2.24, 2.45) is 0 Å². The quantitative estimate of drug-likeness (QED) is 0.410. The first kappa shape index (κ1) is 21.4. The summed E-state index contributed by atoms with van der Waals surface area (Å²) in [6.45, 7) is 1.40. The third kappa shape index (κ3) is 5.02. The molecule has 0 saturated heterocycles. The maximum atomic E-state index is 12.2. The van der Waals surface area contributed by atoms with Crippen LogP contribution in [-0.2, 0) is 11.2 Å². The van der Waals surface area contributed by atoms with Gasteiger partial charge in [0, 0.05) is 17.9 Å². The molecule has 6 N–H and O–H groups in total. The summed E-state index contributed by atoms with van der Waals surface area (Å²) in [5, 5.41) is 11.3. The first-order valence-electron chi connectivity index (χ1n) is 9.40. The van der Waals surface area contributed by atoms with Crippen molar-refractivity contribution in [2.45, 2.75) is 31.7 Å². The number of benzene rings is 1. The van der Waals surface area contributed by atoms with E-state index in [2.05, 4.69) is 31.2 Å². The third-order valence-electron chi connectivity index (χ3n) is 4.68. The number of hydrogen-bond donors (Lipinski definition) is 4. The van der Waals surface area contributed by atoms with Crippen molar-refractivity contribution in [2.75, 3.05) is 11.5 Å². The summed E-state index contributed by atoms with van der Waals surface area (Å²) < 4.78 is 0. The number of terminal acetylenes is 1. The van der Waals surface area contributed by atoms with Crippen LogP contribution >= 0.6 is 0 Å². The van der Waals surface area contributed by atoms with Crippen molar-refractivity contribution in [1.82, 2.24) is 25.3 Å². The topological polar surface area (TPSA) is 170 Å². The molecular formula is C21H21N7O3. The monoisotopic (exact) mass is 419 g/mol. The van der Waals surface area contributed by atoms with Crippen molar-refractivity contribution >= 4 is 34.8 Å². The molecule has 0 spiro atoms. The van der Waals surface area contributed by atoms with Gasteiger partial charge in [-0.2, -0.15) is 9.97 Å². The van der Waals surface area contributed by atoms with E-state index < -0.39 is 17.9 Å². The van der Waals surface area contributed by atoms with Gasteiger partial charge in [-0.1, -0.05) is 12.1 Å². The second kappa shape index (κ2) is 9.04. The van der Waals surface area contributed by atoms with E-state index in [1.165, 1.54) is 6.92 Å². The zero-order chi connectivity index (χ0) is 22.5. The van der Waals surface area contributed by atoms with Gasteiger partial charge in [-0.15, -0.1) is 12.3 Å². The van der Waals surface area contributed by atoms with Crippen molar-refractivity contribution in [1.29, 1.82) is 0 Å². The highest BCUT2D eigenvalue weighted by molar-refractivity contribution is 5.96. The van der Waals surface area contributed by atoms with Gasteiger partial charge in [-0.3, -0.25) is 9.59 Å². The number of nitrogens with one attached hydrogen (secondary N) is 1. The summed E-state index contributed by atoms with van der Waals surface area (Å²) in [5.74, 6) is 1.18. The molecule has 3 aromatic rings. The molecule has 0 aliphatic heterocycles. The van der Waals surface area contributed by atoms with E-state index in [1.807, 2.05) is 0 Å². The maximum Gasteiger partial charge on any atom is 0.325 e. The van der Waals surface area contributed by atoms with Gasteiger partial charge < -0.3 is 21.9 Å². The number of hydrogen-bond acceptors (Lipinski definition) is 8. The Morgan fingerprint density at radius 3 is 2.55 bits per heavy atom. The van der Waals surface area contributed by atoms with E-state index in [0.717, 1.165) is 5.56 Å². The third-order valence-corrected chi connectivity index (χ3v) is 4.68. The Balaban J connectivity index is 1.81. The first-order chi connectivity index (χ1) is 14.8. The van der Waals surface area contributed by atoms with Crippen LogP contribution in [0.25, 0.3) is 11.2 Å². The molecule has 2 aromatic heterocycles. The number of carbonyl (C=O) groups is 2. The summed E-state index contributed by atoms with van der Waals surface area (Å²) in [7, 11) is 0. The average molecular weight is 419 g/mol. The van der Waals surface area contributed by atoms with Gasteiger partial charge in [0.05, 0.1) is 11.9 Å². The maximum absolute atomic E-state index is 12.2. The second-order valence-electron chi connectivity index (χ2n) is 6.97. The Bertz CT molecular complexity index is 1170. The predicted octanol–water partition coefficient (Wildman–Crippen LogP) is 1.14. The molecule has 1 unspecified atom stereocenters. The minimum atomic E-state index is -1.11. The molecule has 2 heterocycles. The molecule has 1 aromatic carbocycles. The fraction of sp³-hybridized carbons (Fsp3) is 0.238. The Labute approximate surface area is 178 Å². The van der Waals surface area contributed by atoms with E-state index in [9.17, 15) is 9.59 Å². The number of nitrogens with two attached hydrogens (primary N) is 2. The van der Waals surface area contributed by atoms with E-state index >= 15 is 0 Å². The largest absolute Gasteiger partial charge is 0.480 e. The van der Waals surface area contributed by atoms with Crippen molar-refractivity contribution in [3.8, 4) is 12.3 Å². The molecule has 0 aliphatic rings. The van der Waals surface area contributed by atoms with Crippen LogP contribution in [0.3, 0.4) is 0 Å². The molecule has 2 atom stereocenters. The van der Waals surface area contributed by atoms with Gasteiger partial charge in [0.25, 0.3) is 5.91 Å². The lowest BCUT2D eigenvalue weighted by atomic mass is 9.91. The Morgan fingerprint density at radius 2 is 1.90 bits per heavy atom. The van der Waals surface area contributed by atoms with E-state index in [4.69, 9.17) is 23.0 Å². The second-order valence-corrected chi connectivity index (χ2v) is 6.97. The Kier molecular flexibility index (Phi) is 6.26. The minimum Gasteiger partial charge on any atom is -0.480 e. The number of aliphatic carboxylic acids is 1. The van der Waals surface area contributed by atoms with E-state index in [0.29, 0.717) is 35.3 Å². The molecule has 0 fully saturated rings. The van der Waals surface area contributed by atoms with E-state index in [1.54, 1.807) is 30.5 Å². The molecule has 0 radical (unpaired) electrons. The zero-order valence-corrected chi connectivity index (χ0v) is 16.7. The fourth-order valence-corrected chi connectivity index (χ4v) is 3.03. The molecule has 0 bridgehead atoms. The molecule has 10 nitrogen and oxygen atoms in total. The molecule has 1 amide bonds. The molecule has 0 aliphatic carbocycles. The number of carboxylic acids is 1. The van der Waals surface area contributed by atoms with Gasteiger partial charge in [0.2, 0.25) is 5.95 Å². The highest BCUT2D eigenvalue weighted by Gasteiger charge is 2.18. The average Bonchev–Trinajstić information content (AvgIpc) is 2.73. The van der Waals surface area contributed by atoms with Crippen LogP contribution in [0, 0.1) is 12.3 Å². The number of carbonyl (C=O) groups excluding carboxylic acids is 1. The number of amides is 1. The van der Waals surface area contributed by atoms with Crippen LogP contribution in [0.1, 0.15) is 40.9 Å². The van der Waals surface area contributed by atoms with Crippen LogP contribution in [-0.4, -0.2) is 43.0 Å². The first-order valence-corrected chi connectivity index (χ1v) is 9.40. The van der Waals surface area contributed by atoms with Crippen LogP contribution < -0.4 is 16.8 Å². The van der Waals surface area contributed by atoms with Gasteiger partial charge >= 0.3 is 5.97 Å². The summed E-state index contributed by atoms with van der Waals surface area (Å²) >= 11 is 0. The van der Waals surface area contributed by atoms with Gasteiger partial charge in [0.1, 0.15) is 6.04 Å². The van der Waals surface area contributed by atoms with E-state index in [-0.39, 0.29) is 17.7 Å². The number of fused-ring (bicyclic) bond motifs is 1. The summed E-state index contributed by atoms with van der Waals surface area (Å²) in [6.07, 6.45) is 8.07. The van der Waals surface area contributed by atoms with Crippen molar-refractivity contribution in [3.63, 3.8) is 0 Å². The number of nitrogens with zero attached hydrogens (tertiary/aromatic N) is 4. The number of anilines is 2. The SMILES string of the molecule is C#CCC(Cc1cnc2nc(N)nc(N)c2n1)c1ccc(C(=O)N[C@@H](C)C(=O)O)cc1. The molecule has 31 heavy (non-hydrogen) atoms. The standard InChI is InChI=1S/C21H21N7O3/c1-3-4-14(9-15-10-24-18-16(26-15)17(22)27-21(23)28-18)12-5-7-13(8-6-12)19(29)25-11(2)20(30)31/h1,5-8,10-11,14H,4,9H2,2H3,(H,25,29)(H,30,31)(H4,22,23,24,27,28)/t11-,14?/m0/s1. The number of nitrogen functional groups attached to an aromatic ring is 2. The summed E-state index contributed by atoms with van der Waals surface area (Å²) in [4.78, 5) is 39.8. The lowest BCUT2D eigenvalue weighted by molar-refractivity contribution is -0.138. The van der Waals surface area contributed by atoms with Crippen LogP contribution in [0.5, 0.6) is 0 Å². The minimum absolute atomic E-state index is 0.0270. The molecule has 0 saturated carbocycles. The lowest BCUT2D eigenvalue weighted by Gasteiger charge is -2.16. The number of rotatable bonds is 7. The fourth-order valence-electron chi connectivity index (χ4n) is 3.03. The summed E-state index contributed by atoms with van der Waals surface area (Å²) in [6, 6.07) is 5.84. The highest BCUT2D eigenvalue weighted by Crippen LogP contribution is 2.25. The normalized spacial score (nSPS) is 12.6. The van der Waals surface area contributed by atoms with Crippen LogP contribution in [0.15, 0.2) is 30.5 Å². The Hall–Kier alpha value is -4.26. The molecule has 10 heteroatoms.